The fourth-order valence-electron chi connectivity index (χ4n) is 2.85. The van der Waals surface area contributed by atoms with Crippen molar-refractivity contribution in [2.45, 2.75) is 37.5 Å². The monoisotopic (exact) mass is 484 g/mol. The quantitative estimate of drug-likeness (QED) is 0.545. The highest BCUT2D eigenvalue weighted by molar-refractivity contribution is 7.93. The van der Waals surface area contributed by atoms with E-state index in [9.17, 15) is 26.4 Å². The van der Waals surface area contributed by atoms with Gasteiger partial charge in [-0.05, 0) is 55.8 Å². The molecular weight excluding hydrogens is 465 g/mol. The zero-order valence-electron chi connectivity index (χ0n) is 17.0. The summed E-state index contributed by atoms with van der Waals surface area (Å²) in [6.45, 7) is 3.53. The summed E-state index contributed by atoms with van der Waals surface area (Å²) in [7, 11) is -3.87. The third-order valence-electron chi connectivity index (χ3n) is 4.41. The minimum Gasteiger partial charge on any atom is -0.348 e. The van der Waals surface area contributed by atoms with Crippen molar-refractivity contribution in [1.82, 2.24) is 15.5 Å². The van der Waals surface area contributed by atoms with Gasteiger partial charge in [0.05, 0.1) is 10.5 Å². The van der Waals surface area contributed by atoms with Crippen LogP contribution >= 0.6 is 11.3 Å². The Kier molecular flexibility index (Phi) is 6.84. The molecule has 1 N–H and O–H groups in total. The number of sulfonamides is 1. The van der Waals surface area contributed by atoms with Crippen molar-refractivity contribution in [3.05, 3.63) is 70.7 Å². The SMILES string of the molecule is CC(C)N(c1nncs1)S(=O)(=O)c1ccc(CNC(=O)c2ccc(C(F)(F)F)cc2)cc1. The molecule has 0 saturated carbocycles. The Balaban J connectivity index is 1.68. The molecular formula is C20H19F3N4O3S2. The van der Waals surface area contributed by atoms with Crippen LogP contribution in [0.25, 0.3) is 0 Å². The molecule has 1 amide bonds. The first-order valence-corrected chi connectivity index (χ1v) is 11.7. The van der Waals surface area contributed by atoms with Crippen LogP contribution < -0.4 is 9.62 Å². The number of nitrogens with zero attached hydrogens (tertiary/aromatic N) is 3. The van der Waals surface area contributed by atoms with Crippen molar-refractivity contribution in [2.24, 2.45) is 0 Å². The molecule has 32 heavy (non-hydrogen) atoms. The maximum atomic E-state index is 13.0. The molecule has 0 aliphatic heterocycles. The number of hydrogen-bond acceptors (Lipinski definition) is 6. The van der Waals surface area contributed by atoms with Gasteiger partial charge < -0.3 is 5.32 Å². The molecule has 0 aliphatic carbocycles. The molecule has 0 radical (unpaired) electrons. The molecule has 0 atom stereocenters. The molecule has 12 heteroatoms. The van der Waals surface area contributed by atoms with Gasteiger partial charge in [0.2, 0.25) is 5.13 Å². The Morgan fingerprint density at radius 3 is 2.22 bits per heavy atom. The molecule has 170 valence electrons. The molecule has 1 heterocycles. The van der Waals surface area contributed by atoms with E-state index in [2.05, 4.69) is 15.5 Å². The molecule has 2 aromatic carbocycles. The predicted molar refractivity (Wildman–Crippen MR) is 114 cm³/mol. The van der Waals surface area contributed by atoms with Crippen LogP contribution in [0.2, 0.25) is 0 Å². The van der Waals surface area contributed by atoms with Crippen LogP contribution in [0.5, 0.6) is 0 Å². The van der Waals surface area contributed by atoms with Crippen LogP contribution in [0.15, 0.2) is 58.9 Å². The summed E-state index contributed by atoms with van der Waals surface area (Å²) in [5, 5.41) is 10.4. The van der Waals surface area contributed by atoms with Crippen molar-refractivity contribution >= 4 is 32.4 Å². The van der Waals surface area contributed by atoms with E-state index in [0.717, 1.165) is 35.6 Å². The van der Waals surface area contributed by atoms with E-state index in [1.807, 2.05) is 0 Å². The van der Waals surface area contributed by atoms with E-state index in [1.54, 1.807) is 26.0 Å². The van der Waals surface area contributed by atoms with Crippen LogP contribution in [0.4, 0.5) is 18.3 Å². The number of benzene rings is 2. The second kappa shape index (κ2) is 9.25. The summed E-state index contributed by atoms with van der Waals surface area (Å²) in [6, 6.07) is 9.45. The van der Waals surface area contributed by atoms with Gasteiger partial charge >= 0.3 is 6.18 Å². The minimum atomic E-state index is -4.47. The van der Waals surface area contributed by atoms with Crippen LogP contribution in [0.3, 0.4) is 0 Å². The molecule has 3 rings (SSSR count). The van der Waals surface area contributed by atoms with Crippen LogP contribution in [0.1, 0.15) is 35.3 Å². The van der Waals surface area contributed by atoms with E-state index < -0.39 is 27.7 Å². The highest BCUT2D eigenvalue weighted by atomic mass is 32.2. The highest BCUT2D eigenvalue weighted by Crippen LogP contribution is 2.29. The Bertz CT molecular complexity index is 1160. The number of hydrogen-bond donors (Lipinski definition) is 1. The van der Waals surface area contributed by atoms with Crippen LogP contribution in [-0.2, 0) is 22.7 Å². The maximum absolute atomic E-state index is 13.0. The van der Waals surface area contributed by atoms with E-state index in [-0.39, 0.29) is 28.2 Å². The molecule has 3 aromatic rings. The number of carbonyl (C=O) groups excluding carboxylic acids is 1. The largest absolute Gasteiger partial charge is 0.416 e. The molecule has 1 aromatic heterocycles. The lowest BCUT2D eigenvalue weighted by molar-refractivity contribution is -0.137. The first-order chi connectivity index (χ1) is 15.0. The van der Waals surface area contributed by atoms with Crippen molar-refractivity contribution in [1.29, 1.82) is 0 Å². The molecule has 0 saturated heterocycles. The second-order valence-corrected chi connectivity index (χ2v) is 9.64. The topological polar surface area (TPSA) is 92.3 Å². The van der Waals surface area contributed by atoms with E-state index in [0.29, 0.717) is 5.56 Å². The maximum Gasteiger partial charge on any atom is 0.416 e. The van der Waals surface area contributed by atoms with Crippen molar-refractivity contribution in [3.8, 4) is 0 Å². The first-order valence-electron chi connectivity index (χ1n) is 9.35. The molecule has 7 nitrogen and oxygen atoms in total. The summed E-state index contributed by atoms with van der Waals surface area (Å²) in [6.07, 6.45) is -4.47. The average Bonchev–Trinajstić information content (AvgIpc) is 3.25. The van der Waals surface area contributed by atoms with Gasteiger partial charge in [-0.2, -0.15) is 13.2 Å². The highest BCUT2D eigenvalue weighted by Gasteiger charge is 2.31. The summed E-state index contributed by atoms with van der Waals surface area (Å²) >= 11 is 1.11. The Morgan fingerprint density at radius 1 is 1.09 bits per heavy atom. The molecule has 0 aliphatic rings. The fourth-order valence-corrected chi connectivity index (χ4v) is 5.38. The van der Waals surface area contributed by atoms with Gasteiger partial charge in [-0.15, -0.1) is 10.2 Å². The van der Waals surface area contributed by atoms with Gasteiger partial charge in [0, 0.05) is 18.2 Å². The van der Waals surface area contributed by atoms with Gasteiger partial charge in [-0.3, -0.25) is 4.79 Å². The third kappa shape index (κ3) is 5.25. The lowest BCUT2D eigenvalue weighted by Gasteiger charge is -2.25. The number of rotatable bonds is 7. The Morgan fingerprint density at radius 2 is 1.72 bits per heavy atom. The summed E-state index contributed by atoms with van der Waals surface area (Å²) < 4.78 is 65.2. The van der Waals surface area contributed by atoms with Crippen molar-refractivity contribution in [3.63, 3.8) is 0 Å². The van der Waals surface area contributed by atoms with Gasteiger partial charge in [0.15, 0.2) is 0 Å². The summed E-state index contributed by atoms with van der Waals surface area (Å²) in [5.41, 5.74) is 1.32. The predicted octanol–water partition coefficient (Wildman–Crippen LogP) is 4.09. The third-order valence-corrected chi connectivity index (χ3v) is 7.20. The number of amides is 1. The van der Waals surface area contributed by atoms with Crippen molar-refractivity contribution < 1.29 is 26.4 Å². The summed E-state index contributed by atoms with van der Waals surface area (Å²) in [4.78, 5) is 12.2. The molecule has 0 bridgehead atoms. The standard InChI is InChI=1S/C20H19F3N4O3S2/c1-13(2)27(19-26-25-12-31-19)32(29,30)17-9-3-14(4-10-17)11-24-18(28)15-5-7-16(8-6-15)20(21,22)23/h3-10,12-13H,11H2,1-2H3,(H,24,28). The van der Waals surface area contributed by atoms with Gasteiger partial charge in [0.25, 0.3) is 15.9 Å². The number of anilines is 1. The number of carbonyl (C=O) groups is 1. The number of nitrogens with one attached hydrogen (secondary N) is 1. The van der Waals surface area contributed by atoms with Gasteiger partial charge in [-0.25, -0.2) is 12.7 Å². The fraction of sp³-hybridized carbons (Fsp3) is 0.250. The lowest BCUT2D eigenvalue weighted by atomic mass is 10.1. The molecule has 0 fully saturated rings. The van der Waals surface area contributed by atoms with E-state index in [4.69, 9.17) is 0 Å². The second-order valence-electron chi connectivity index (χ2n) is 7.02. The van der Waals surface area contributed by atoms with Crippen LogP contribution in [0, 0.1) is 0 Å². The zero-order valence-corrected chi connectivity index (χ0v) is 18.6. The number of alkyl halides is 3. The van der Waals surface area contributed by atoms with E-state index in [1.165, 1.54) is 21.9 Å². The van der Waals surface area contributed by atoms with Gasteiger partial charge in [0.1, 0.15) is 5.51 Å². The lowest BCUT2D eigenvalue weighted by Crippen LogP contribution is -2.37. The van der Waals surface area contributed by atoms with Crippen LogP contribution in [-0.4, -0.2) is 30.6 Å². The summed E-state index contributed by atoms with van der Waals surface area (Å²) in [5.74, 6) is -0.544. The smallest absolute Gasteiger partial charge is 0.348 e. The number of halogens is 3. The molecule has 0 spiro atoms. The van der Waals surface area contributed by atoms with Gasteiger partial charge in [-0.1, -0.05) is 23.5 Å². The Labute approximate surface area is 187 Å². The Hall–Kier alpha value is -2.99. The number of aromatic nitrogens is 2. The molecule has 0 unspecified atom stereocenters. The average molecular weight is 485 g/mol. The van der Waals surface area contributed by atoms with Crippen molar-refractivity contribution in [2.75, 3.05) is 4.31 Å². The minimum absolute atomic E-state index is 0.0548. The normalized spacial score (nSPS) is 12.1. The van der Waals surface area contributed by atoms with E-state index >= 15 is 0 Å². The first kappa shape index (κ1) is 23.7. The zero-order chi connectivity index (χ0) is 23.5.